The molecule has 33 heavy (non-hydrogen) atoms. The number of thioether (sulfide) groups is 1. The Labute approximate surface area is 218 Å². The van der Waals surface area contributed by atoms with E-state index in [2.05, 4.69) is 10.3 Å². The van der Waals surface area contributed by atoms with Crippen LogP contribution in [0.4, 0.5) is 5.69 Å². The van der Waals surface area contributed by atoms with Crippen molar-refractivity contribution in [3.8, 4) is 16.9 Å². The molecule has 1 heterocycles. The molecule has 0 atom stereocenters. The van der Waals surface area contributed by atoms with Crippen LogP contribution >= 0.6 is 11.8 Å². The minimum atomic E-state index is -1.13. The zero-order valence-electron chi connectivity index (χ0n) is 18.2. The van der Waals surface area contributed by atoms with Gasteiger partial charge >= 0.3 is 29.6 Å². The molecule has 1 aliphatic rings. The third kappa shape index (κ3) is 6.58. The second-order valence-electron chi connectivity index (χ2n) is 7.05. The second kappa shape index (κ2) is 11.3. The molecule has 0 radical (unpaired) electrons. The molecule has 3 aromatic rings. The minimum Gasteiger partial charge on any atom is -0.550 e. The smallest absolute Gasteiger partial charge is 0.550 e. The van der Waals surface area contributed by atoms with Gasteiger partial charge in [-0.05, 0) is 64.4 Å². The summed E-state index contributed by atoms with van der Waals surface area (Å²) in [5.74, 6) is -0.541. The molecular formula is C25H19N2NaO4S. The number of methoxy groups -OCH3 is 1. The standard InChI is InChI=1S/C25H20N2O4S.Na/c1-31-21-4-2-3-19(15-21)18-9-5-16(6-10-18)13-22-24(30)27-25(32-22)26-20-11-7-17(8-12-20)14-23(28)29;/h2-13,15H,14H2,1H3,(H,28,29)(H,26,27,30);/q;+1/p-1. The second-order valence-corrected chi connectivity index (χ2v) is 8.08. The van der Waals surface area contributed by atoms with Gasteiger partial charge in [0, 0.05) is 12.4 Å². The van der Waals surface area contributed by atoms with Gasteiger partial charge in [0.1, 0.15) is 5.75 Å². The van der Waals surface area contributed by atoms with Gasteiger partial charge < -0.3 is 20.0 Å². The van der Waals surface area contributed by atoms with Crippen LogP contribution in [0, 0.1) is 0 Å². The maximum Gasteiger partial charge on any atom is 1.00 e. The van der Waals surface area contributed by atoms with E-state index in [-0.39, 0.29) is 41.9 Å². The Kier molecular flexibility index (Phi) is 8.52. The van der Waals surface area contributed by atoms with Gasteiger partial charge in [-0.2, -0.15) is 0 Å². The largest absolute Gasteiger partial charge is 1.00 e. The van der Waals surface area contributed by atoms with Crippen LogP contribution in [0.25, 0.3) is 17.2 Å². The summed E-state index contributed by atoms with van der Waals surface area (Å²) in [6.07, 6.45) is 1.67. The van der Waals surface area contributed by atoms with E-state index >= 15 is 0 Å². The van der Waals surface area contributed by atoms with Crippen LogP contribution in [-0.2, 0) is 16.0 Å². The third-order valence-electron chi connectivity index (χ3n) is 4.78. The molecule has 1 N–H and O–H groups in total. The zero-order chi connectivity index (χ0) is 22.5. The predicted molar refractivity (Wildman–Crippen MR) is 124 cm³/mol. The Morgan fingerprint density at radius 2 is 1.79 bits per heavy atom. The number of hydrogen-bond acceptors (Lipinski definition) is 6. The van der Waals surface area contributed by atoms with Gasteiger partial charge in [0.05, 0.1) is 17.7 Å². The van der Waals surface area contributed by atoms with E-state index < -0.39 is 5.97 Å². The molecule has 3 aromatic carbocycles. The van der Waals surface area contributed by atoms with Crippen molar-refractivity contribution in [1.82, 2.24) is 5.32 Å². The van der Waals surface area contributed by atoms with Crippen molar-refractivity contribution >= 4 is 40.6 Å². The number of ether oxygens (including phenoxy) is 1. The topological polar surface area (TPSA) is 90.8 Å². The van der Waals surface area contributed by atoms with Gasteiger partial charge in [-0.1, -0.05) is 48.5 Å². The molecule has 1 saturated heterocycles. The summed E-state index contributed by atoms with van der Waals surface area (Å²) in [6.45, 7) is 0. The van der Waals surface area contributed by atoms with E-state index in [9.17, 15) is 14.7 Å². The Balaban J connectivity index is 0.00000306. The van der Waals surface area contributed by atoms with Crippen molar-refractivity contribution in [3.63, 3.8) is 0 Å². The number of carbonyl (C=O) groups is 2. The van der Waals surface area contributed by atoms with Crippen molar-refractivity contribution in [2.75, 3.05) is 7.11 Å². The minimum absolute atomic E-state index is 0. The Morgan fingerprint density at radius 1 is 1.06 bits per heavy atom. The SMILES string of the molecule is COc1cccc(-c2ccc(C=C3SC(=Nc4ccc(CC(=O)[O-])cc4)NC3=O)cc2)c1.[Na+]. The molecule has 6 nitrogen and oxygen atoms in total. The molecule has 0 spiro atoms. The summed E-state index contributed by atoms with van der Waals surface area (Å²) >= 11 is 1.26. The van der Waals surface area contributed by atoms with Crippen LogP contribution in [0.5, 0.6) is 5.75 Å². The van der Waals surface area contributed by atoms with Crippen LogP contribution < -0.4 is 44.7 Å². The number of benzene rings is 3. The average molecular weight is 466 g/mol. The summed E-state index contributed by atoms with van der Waals surface area (Å²) in [5.41, 5.74) is 4.27. The number of aliphatic imine (C=N–C) groups is 1. The van der Waals surface area contributed by atoms with Gasteiger partial charge in [-0.15, -0.1) is 0 Å². The first-order chi connectivity index (χ1) is 15.5. The number of rotatable bonds is 6. The number of carbonyl (C=O) groups excluding carboxylic acids is 2. The first kappa shape index (κ1) is 24.8. The molecule has 0 bridgehead atoms. The van der Waals surface area contributed by atoms with Crippen LogP contribution in [0.3, 0.4) is 0 Å². The van der Waals surface area contributed by atoms with E-state index in [1.165, 1.54) is 11.8 Å². The van der Waals surface area contributed by atoms with E-state index in [0.29, 0.717) is 21.3 Å². The molecule has 8 heteroatoms. The number of nitrogens with one attached hydrogen (secondary N) is 1. The van der Waals surface area contributed by atoms with Crippen LogP contribution in [0.1, 0.15) is 11.1 Å². The number of amides is 1. The van der Waals surface area contributed by atoms with Gasteiger partial charge in [0.15, 0.2) is 5.17 Å². The molecule has 4 rings (SSSR count). The first-order valence-electron chi connectivity index (χ1n) is 9.83. The molecule has 0 aliphatic carbocycles. The summed E-state index contributed by atoms with van der Waals surface area (Å²) in [7, 11) is 1.64. The van der Waals surface area contributed by atoms with E-state index in [0.717, 1.165) is 22.4 Å². The van der Waals surface area contributed by atoms with Crippen LogP contribution in [0.2, 0.25) is 0 Å². The number of carboxylic acid groups (broad SMARTS) is 1. The molecular weight excluding hydrogens is 447 g/mol. The zero-order valence-corrected chi connectivity index (χ0v) is 21.0. The van der Waals surface area contributed by atoms with Gasteiger partial charge in [0.2, 0.25) is 0 Å². The predicted octanol–water partition coefficient (Wildman–Crippen LogP) is 0.550. The van der Waals surface area contributed by atoms with Crippen LogP contribution in [0.15, 0.2) is 82.7 Å². The fourth-order valence-corrected chi connectivity index (χ4v) is 4.02. The van der Waals surface area contributed by atoms with Crippen LogP contribution in [-0.4, -0.2) is 24.2 Å². The van der Waals surface area contributed by atoms with Gasteiger partial charge in [-0.25, -0.2) is 4.99 Å². The number of amidine groups is 1. The fraction of sp³-hybridized carbons (Fsp3) is 0.0800. The fourth-order valence-electron chi connectivity index (χ4n) is 3.18. The molecule has 1 fully saturated rings. The normalized spacial score (nSPS) is 15.2. The molecule has 0 unspecified atom stereocenters. The maximum absolute atomic E-state index is 12.3. The number of aliphatic carboxylic acids is 1. The molecule has 1 amide bonds. The summed E-state index contributed by atoms with van der Waals surface area (Å²) in [4.78, 5) is 28.0. The quantitative estimate of drug-likeness (QED) is 0.423. The van der Waals surface area contributed by atoms with Crippen molar-refractivity contribution < 1.29 is 49.0 Å². The van der Waals surface area contributed by atoms with E-state index in [4.69, 9.17) is 4.74 Å². The summed E-state index contributed by atoms with van der Waals surface area (Å²) in [5, 5.41) is 13.9. The first-order valence-corrected chi connectivity index (χ1v) is 10.6. The van der Waals surface area contributed by atoms with Gasteiger partial charge in [0.25, 0.3) is 5.91 Å². The Hall–Kier alpha value is -2.84. The summed E-state index contributed by atoms with van der Waals surface area (Å²) < 4.78 is 5.28. The molecule has 0 saturated carbocycles. The van der Waals surface area contributed by atoms with Crippen molar-refractivity contribution in [3.05, 3.63) is 88.8 Å². The summed E-state index contributed by atoms with van der Waals surface area (Å²) in [6, 6.07) is 22.5. The number of hydrogen-bond donors (Lipinski definition) is 1. The molecule has 0 aromatic heterocycles. The third-order valence-corrected chi connectivity index (χ3v) is 5.69. The van der Waals surface area contributed by atoms with Gasteiger partial charge in [-0.3, -0.25) is 4.79 Å². The number of nitrogens with zero attached hydrogens (tertiary/aromatic N) is 1. The number of carboxylic acids is 1. The molecule has 1 aliphatic heterocycles. The monoisotopic (exact) mass is 466 g/mol. The molecule has 160 valence electrons. The maximum atomic E-state index is 12.3. The Morgan fingerprint density at radius 3 is 2.45 bits per heavy atom. The van der Waals surface area contributed by atoms with Crippen molar-refractivity contribution in [1.29, 1.82) is 0 Å². The van der Waals surface area contributed by atoms with E-state index in [1.54, 1.807) is 31.4 Å². The average Bonchev–Trinajstić information content (AvgIpc) is 3.13. The van der Waals surface area contributed by atoms with Crippen molar-refractivity contribution in [2.24, 2.45) is 4.99 Å². The van der Waals surface area contributed by atoms with E-state index in [1.807, 2.05) is 54.6 Å². The van der Waals surface area contributed by atoms with Crippen molar-refractivity contribution in [2.45, 2.75) is 6.42 Å². The Bertz CT molecular complexity index is 1220.